The smallest absolute Gasteiger partial charge is 0.329 e. The summed E-state index contributed by atoms with van der Waals surface area (Å²) in [5, 5.41) is 9.34. The van der Waals surface area contributed by atoms with Crippen LogP contribution in [0.3, 0.4) is 0 Å². The van der Waals surface area contributed by atoms with Gasteiger partial charge in [0.2, 0.25) is 0 Å². The van der Waals surface area contributed by atoms with Crippen LogP contribution in [-0.4, -0.2) is 45.7 Å². The summed E-state index contributed by atoms with van der Waals surface area (Å²) in [5.41, 5.74) is 2.62. The molecule has 0 unspecified atom stereocenters. The lowest BCUT2D eigenvalue weighted by Gasteiger charge is -2.25. The predicted octanol–water partition coefficient (Wildman–Crippen LogP) is 2.13. The van der Waals surface area contributed by atoms with Gasteiger partial charge in [0.05, 0.1) is 12.7 Å². The van der Waals surface area contributed by atoms with Gasteiger partial charge in [-0.05, 0) is 17.7 Å². The van der Waals surface area contributed by atoms with Crippen molar-refractivity contribution in [3.05, 3.63) is 65.6 Å². The van der Waals surface area contributed by atoms with E-state index in [2.05, 4.69) is 9.97 Å². The average Bonchev–Trinajstić information content (AvgIpc) is 3.19. The van der Waals surface area contributed by atoms with Gasteiger partial charge in [0.15, 0.2) is 0 Å². The number of methoxy groups -OCH3 is 1. The highest BCUT2D eigenvalue weighted by Gasteiger charge is 2.41. The zero-order valence-electron chi connectivity index (χ0n) is 14.0. The Morgan fingerprint density at radius 3 is 2.88 bits per heavy atom. The molecule has 0 saturated heterocycles. The maximum Gasteiger partial charge on any atom is 0.329 e. The molecule has 26 heavy (non-hydrogen) atoms. The lowest BCUT2D eigenvalue weighted by Crippen LogP contribution is -2.46. The predicted molar refractivity (Wildman–Crippen MR) is 95.0 cm³/mol. The third-order valence-electron chi connectivity index (χ3n) is 4.64. The molecule has 3 aromatic rings. The zero-order chi connectivity index (χ0) is 18.3. The fourth-order valence-electron chi connectivity index (χ4n) is 3.35. The average molecular weight is 348 g/mol. The zero-order valence-corrected chi connectivity index (χ0v) is 14.0. The summed E-state index contributed by atoms with van der Waals surface area (Å²) in [4.78, 5) is 33.6. The van der Waals surface area contributed by atoms with E-state index in [1.165, 1.54) is 24.4 Å². The Bertz CT molecular complexity index is 1000. The van der Waals surface area contributed by atoms with Gasteiger partial charge in [0.25, 0.3) is 5.91 Å². The number of fused-ring (bicyclic) bond motifs is 2. The first-order chi connectivity index (χ1) is 12.6. The molecule has 1 atom stereocenters. The van der Waals surface area contributed by atoms with Gasteiger partial charge in [-0.2, -0.15) is 0 Å². The third-order valence-corrected chi connectivity index (χ3v) is 4.64. The Hall–Kier alpha value is -3.48. The fraction of sp³-hybridized carbons (Fsp3) is 0.158. The molecule has 2 aromatic heterocycles. The van der Waals surface area contributed by atoms with Gasteiger partial charge < -0.3 is 9.72 Å². The van der Waals surface area contributed by atoms with Gasteiger partial charge in [-0.25, -0.2) is 4.79 Å². The molecule has 3 heterocycles. The maximum absolute atomic E-state index is 12.8. The topological polar surface area (TPSA) is 99.1 Å². The summed E-state index contributed by atoms with van der Waals surface area (Å²) >= 11 is 0. The number of hydrogen-bond acceptors (Lipinski definition) is 5. The van der Waals surface area contributed by atoms with Crippen molar-refractivity contribution in [1.29, 1.82) is 5.41 Å². The van der Waals surface area contributed by atoms with Gasteiger partial charge in [-0.1, -0.05) is 18.2 Å². The molecule has 7 nitrogen and oxygen atoms in total. The number of carbonyl (C=O) groups is 2. The highest BCUT2D eigenvalue weighted by molar-refractivity contribution is 6.23. The molecule has 1 aromatic carbocycles. The van der Waals surface area contributed by atoms with E-state index >= 15 is 0 Å². The molecule has 0 aliphatic carbocycles. The number of ether oxygens (including phenoxy) is 1. The number of nitrogens with one attached hydrogen (secondary N) is 2. The summed E-state index contributed by atoms with van der Waals surface area (Å²) in [5.74, 6) is -0.981. The highest BCUT2D eigenvalue weighted by atomic mass is 16.5. The number of amides is 1. The van der Waals surface area contributed by atoms with Crippen molar-refractivity contribution in [3.63, 3.8) is 0 Å². The summed E-state index contributed by atoms with van der Waals surface area (Å²) < 4.78 is 4.93. The van der Waals surface area contributed by atoms with Crippen molar-refractivity contribution >= 4 is 28.6 Å². The lowest BCUT2D eigenvalue weighted by atomic mass is 10.0. The Labute approximate surface area is 149 Å². The van der Waals surface area contributed by atoms with Crippen LogP contribution >= 0.6 is 0 Å². The molecule has 1 aliphatic rings. The van der Waals surface area contributed by atoms with E-state index in [-0.39, 0.29) is 12.3 Å². The number of pyridine rings is 1. The number of H-pyrrole nitrogens is 1. The Balaban J connectivity index is 1.74. The van der Waals surface area contributed by atoms with Crippen LogP contribution < -0.4 is 0 Å². The maximum atomic E-state index is 12.8. The second kappa shape index (κ2) is 6.11. The van der Waals surface area contributed by atoms with Gasteiger partial charge >= 0.3 is 5.97 Å². The molecule has 0 fully saturated rings. The van der Waals surface area contributed by atoms with Gasteiger partial charge in [-0.15, -0.1) is 0 Å². The summed E-state index contributed by atoms with van der Waals surface area (Å²) in [6.45, 7) is 0. The van der Waals surface area contributed by atoms with Crippen molar-refractivity contribution < 1.29 is 14.3 Å². The van der Waals surface area contributed by atoms with Crippen LogP contribution in [0, 0.1) is 5.41 Å². The van der Waals surface area contributed by atoms with Crippen molar-refractivity contribution in [2.75, 3.05) is 7.11 Å². The summed E-state index contributed by atoms with van der Waals surface area (Å²) in [6, 6.07) is 8.41. The number of para-hydroxylation sites is 1. The molecule has 1 amide bonds. The lowest BCUT2D eigenvalue weighted by molar-refractivity contribution is -0.144. The third kappa shape index (κ3) is 2.36. The number of benzene rings is 1. The van der Waals surface area contributed by atoms with Crippen molar-refractivity contribution in [1.82, 2.24) is 14.9 Å². The molecule has 0 bridgehead atoms. The number of aromatic amines is 1. The molecule has 0 saturated carbocycles. The van der Waals surface area contributed by atoms with Crippen LogP contribution in [-0.2, 0) is 16.0 Å². The quantitative estimate of drug-likeness (QED) is 0.706. The van der Waals surface area contributed by atoms with E-state index in [1.54, 1.807) is 6.07 Å². The molecule has 1 aliphatic heterocycles. The molecular formula is C19H16N4O3. The standard InChI is InChI=1S/C19H16N4O3/c1-26-19(25)16(8-11-9-22-15-5-3-2-4-12(11)15)23-17(20)13-6-7-21-10-14(13)18(23)24/h2-7,9-10,16,20,22H,8H2,1H3/t16-/m0/s1. The van der Waals surface area contributed by atoms with Crippen LogP contribution in [0.1, 0.15) is 21.5 Å². The van der Waals surface area contributed by atoms with Gasteiger partial charge in [0.1, 0.15) is 11.9 Å². The van der Waals surface area contributed by atoms with E-state index in [0.717, 1.165) is 16.5 Å². The van der Waals surface area contributed by atoms with Crippen LogP contribution in [0.15, 0.2) is 48.9 Å². The van der Waals surface area contributed by atoms with E-state index < -0.39 is 17.9 Å². The van der Waals surface area contributed by atoms with Crippen molar-refractivity contribution in [2.45, 2.75) is 12.5 Å². The van der Waals surface area contributed by atoms with Crippen LogP contribution in [0.25, 0.3) is 10.9 Å². The number of esters is 1. The van der Waals surface area contributed by atoms with Gasteiger partial charge in [-0.3, -0.25) is 20.1 Å². The monoisotopic (exact) mass is 348 g/mol. The minimum Gasteiger partial charge on any atom is -0.467 e. The Morgan fingerprint density at radius 1 is 1.31 bits per heavy atom. The number of hydrogen-bond donors (Lipinski definition) is 2. The van der Waals surface area contributed by atoms with Crippen LogP contribution in [0.2, 0.25) is 0 Å². The molecule has 0 radical (unpaired) electrons. The van der Waals surface area contributed by atoms with E-state index in [0.29, 0.717) is 11.1 Å². The number of nitrogens with zero attached hydrogens (tertiary/aromatic N) is 2. The van der Waals surface area contributed by atoms with Crippen molar-refractivity contribution in [3.8, 4) is 0 Å². The molecular weight excluding hydrogens is 332 g/mol. The molecule has 2 N–H and O–H groups in total. The summed E-state index contributed by atoms with van der Waals surface area (Å²) in [6.07, 6.45) is 5.01. The second-order valence-corrected chi connectivity index (χ2v) is 6.05. The Kier molecular flexibility index (Phi) is 3.76. The number of amidine groups is 1. The van der Waals surface area contributed by atoms with Crippen LogP contribution in [0.5, 0.6) is 0 Å². The Morgan fingerprint density at radius 2 is 2.12 bits per heavy atom. The largest absolute Gasteiger partial charge is 0.467 e. The van der Waals surface area contributed by atoms with E-state index in [9.17, 15) is 9.59 Å². The van der Waals surface area contributed by atoms with E-state index in [4.69, 9.17) is 10.1 Å². The molecule has 4 rings (SSSR count). The van der Waals surface area contributed by atoms with Gasteiger partial charge in [0, 0.05) is 41.5 Å². The van der Waals surface area contributed by atoms with E-state index in [1.807, 2.05) is 30.5 Å². The molecule has 7 heteroatoms. The first kappa shape index (κ1) is 16.0. The van der Waals surface area contributed by atoms with Crippen LogP contribution in [0.4, 0.5) is 0 Å². The van der Waals surface area contributed by atoms with Crippen molar-refractivity contribution in [2.24, 2.45) is 0 Å². The highest BCUT2D eigenvalue weighted by Crippen LogP contribution is 2.27. The second-order valence-electron chi connectivity index (χ2n) is 6.05. The SMILES string of the molecule is COC(=O)[C@H](Cc1c[nH]c2ccccc12)N1C(=N)c2ccncc2C1=O. The number of rotatable bonds is 4. The molecule has 130 valence electrons. The minimum absolute atomic E-state index is 0.0114. The number of carbonyl (C=O) groups excluding carboxylic acids is 2. The first-order valence-electron chi connectivity index (χ1n) is 8.11. The summed E-state index contributed by atoms with van der Waals surface area (Å²) in [7, 11) is 1.28. The minimum atomic E-state index is -0.924. The number of aromatic nitrogens is 2. The molecule has 0 spiro atoms. The normalized spacial score (nSPS) is 14.6. The first-order valence-corrected chi connectivity index (χ1v) is 8.11. The fourth-order valence-corrected chi connectivity index (χ4v) is 3.35.